The van der Waals surface area contributed by atoms with E-state index >= 15 is 0 Å². The molecule has 7 aromatic carbocycles. The molecule has 0 aliphatic heterocycles. The SMILES string of the molecule is c1ccc(-c2cccc(-c3cc(-c4ccccc4-n4c5ccccc5c5ccc6c7ccccc7[nH]c6c54)nc(-c4ccccc4)n3)c2)cc1. The van der Waals surface area contributed by atoms with E-state index in [9.17, 15) is 0 Å². The van der Waals surface area contributed by atoms with Crippen LogP contribution in [0.3, 0.4) is 0 Å². The molecule has 1 N–H and O–H groups in total. The third-order valence-corrected chi connectivity index (χ3v) is 9.76. The van der Waals surface area contributed by atoms with Crippen LogP contribution in [-0.4, -0.2) is 19.5 Å². The molecule has 50 heavy (non-hydrogen) atoms. The first kappa shape index (κ1) is 28.3. The maximum Gasteiger partial charge on any atom is 0.160 e. The lowest BCUT2D eigenvalue weighted by Gasteiger charge is -2.16. The maximum atomic E-state index is 5.28. The topological polar surface area (TPSA) is 46.5 Å². The monoisotopic (exact) mass is 638 g/mol. The molecule has 0 aliphatic rings. The summed E-state index contributed by atoms with van der Waals surface area (Å²) in [6, 6.07) is 61.9. The van der Waals surface area contributed by atoms with Gasteiger partial charge >= 0.3 is 0 Å². The van der Waals surface area contributed by atoms with Gasteiger partial charge in [0.25, 0.3) is 0 Å². The molecule has 0 fully saturated rings. The minimum absolute atomic E-state index is 0.693. The van der Waals surface area contributed by atoms with Gasteiger partial charge in [-0.15, -0.1) is 0 Å². The van der Waals surface area contributed by atoms with Gasteiger partial charge in [0.05, 0.1) is 33.6 Å². The summed E-state index contributed by atoms with van der Waals surface area (Å²) >= 11 is 0. The fourth-order valence-electron chi connectivity index (χ4n) is 7.44. The van der Waals surface area contributed by atoms with Gasteiger partial charge in [0.2, 0.25) is 0 Å². The molecule has 0 spiro atoms. The van der Waals surface area contributed by atoms with E-state index in [0.717, 1.165) is 61.4 Å². The third-order valence-electron chi connectivity index (χ3n) is 9.76. The van der Waals surface area contributed by atoms with Crippen LogP contribution >= 0.6 is 0 Å². The molecule has 0 unspecified atom stereocenters. The number of para-hydroxylation sites is 3. The van der Waals surface area contributed by atoms with E-state index in [1.165, 1.54) is 27.1 Å². The zero-order valence-electron chi connectivity index (χ0n) is 27.1. The molecule has 4 nitrogen and oxygen atoms in total. The van der Waals surface area contributed by atoms with E-state index in [4.69, 9.17) is 9.97 Å². The molecule has 3 heterocycles. The first-order chi connectivity index (χ1) is 24.8. The number of rotatable bonds is 5. The van der Waals surface area contributed by atoms with Gasteiger partial charge in [0, 0.05) is 43.8 Å². The van der Waals surface area contributed by atoms with Crippen LogP contribution in [0.15, 0.2) is 176 Å². The van der Waals surface area contributed by atoms with Gasteiger partial charge in [-0.05, 0) is 41.5 Å². The standard InChI is InChI=1S/C46H30N4/c1-3-14-30(15-4-1)32-18-13-19-33(28-32)40-29-41(49-46(48-40)31-16-5-2-6-17-31)38-22-9-12-25-43(38)50-42-24-11-8-21-35(42)37-27-26-36-34-20-7-10-23-39(34)47-44(36)45(37)50/h1-29,47H. The van der Waals surface area contributed by atoms with E-state index in [2.05, 4.69) is 161 Å². The van der Waals surface area contributed by atoms with Gasteiger partial charge in [0.1, 0.15) is 0 Å². The van der Waals surface area contributed by atoms with Crippen molar-refractivity contribution < 1.29 is 0 Å². The quantitative estimate of drug-likeness (QED) is 0.204. The normalized spacial score (nSPS) is 11.6. The molecule has 4 heteroatoms. The largest absolute Gasteiger partial charge is 0.353 e. The number of aromatic amines is 1. The van der Waals surface area contributed by atoms with Crippen LogP contribution in [0.1, 0.15) is 0 Å². The summed E-state index contributed by atoms with van der Waals surface area (Å²) in [5.74, 6) is 0.693. The summed E-state index contributed by atoms with van der Waals surface area (Å²) < 4.78 is 2.41. The number of hydrogen-bond donors (Lipinski definition) is 1. The first-order valence-corrected chi connectivity index (χ1v) is 16.9. The highest BCUT2D eigenvalue weighted by molar-refractivity contribution is 6.22. The third kappa shape index (κ3) is 4.54. The van der Waals surface area contributed by atoms with Crippen molar-refractivity contribution in [3.8, 4) is 50.7 Å². The Labute approximate surface area is 289 Å². The minimum Gasteiger partial charge on any atom is -0.353 e. The Balaban J connectivity index is 1.25. The second-order valence-electron chi connectivity index (χ2n) is 12.7. The van der Waals surface area contributed by atoms with Gasteiger partial charge in [0.15, 0.2) is 5.82 Å². The molecule has 0 amide bonds. The Morgan fingerprint density at radius 2 is 1.06 bits per heavy atom. The molecule has 0 radical (unpaired) electrons. The summed E-state index contributed by atoms with van der Waals surface area (Å²) in [5.41, 5.74) is 12.7. The predicted octanol–water partition coefficient (Wildman–Crippen LogP) is 11.9. The molecule has 0 aliphatic carbocycles. The fraction of sp³-hybridized carbons (Fsp3) is 0. The lowest BCUT2D eigenvalue weighted by Crippen LogP contribution is -2.01. The van der Waals surface area contributed by atoms with E-state index in [-0.39, 0.29) is 0 Å². The van der Waals surface area contributed by atoms with Crippen molar-refractivity contribution in [2.24, 2.45) is 0 Å². The number of benzene rings is 7. The summed E-state index contributed by atoms with van der Waals surface area (Å²) in [6.45, 7) is 0. The second-order valence-corrected chi connectivity index (χ2v) is 12.7. The van der Waals surface area contributed by atoms with Crippen LogP contribution < -0.4 is 0 Å². The first-order valence-electron chi connectivity index (χ1n) is 16.9. The number of nitrogens with zero attached hydrogens (tertiary/aromatic N) is 3. The van der Waals surface area contributed by atoms with E-state index in [1.54, 1.807) is 0 Å². The molecular weight excluding hydrogens is 609 g/mol. The molecule has 10 rings (SSSR count). The van der Waals surface area contributed by atoms with Crippen molar-refractivity contribution in [3.63, 3.8) is 0 Å². The van der Waals surface area contributed by atoms with Gasteiger partial charge in [-0.25, -0.2) is 9.97 Å². The van der Waals surface area contributed by atoms with Crippen LogP contribution in [0, 0.1) is 0 Å². The second kappa shape index (κ2) is 11.4. The highest BCUT2D eigenvalue weighted by Crippen LogP contribution is 2.41. The molecule has 0 bridgehead atoms. The number of nitrogens with one attached hydrogen (secondary N) is 1. The number of fused-ring (bicyclic) bond motifs is 7. The van der Waals surface area contributed by atoms with E-state index in [1.807, 2.05) is 24.3 Å². The predicted molar refractivity (Wildman–Crippen MR) is 207 cm³/mol. The van der Waals surface area contributed by atoms with Crippen molar-refractivity contribution >= 4 is 43.6 Å². The molecule has 10 aromatic rings. The van der Waals surface area contributed by atoms with Crippen LogP contribution in [0.2, 0.25) is 0 Å². The fourth-order valence-corrected chi connectivity index (χ4v) is 7.44. The van der Waals surface area contributed by atoms with Gasteiger partial charge < -0.3 is 9.55 Å². The highest BCUT2D eigenvalue weighted by Gasteiger charge is 2.21. The summed E-state index contributed by atoms with van der Waals surface area (Å²) in [4.78, 5) is 14.2. The lowest BCUT2D eigenvalue weighted by atomic mass is 10.00. The minimum atomic E-state index is 0.693. The van der Waals surface area contributed by atoms with E-state index < -0.39 is 0 Å². The number of hydrogen-bond acceptors (Lipinski definition) is 2. The smallest absolute Gasteiger partial charge is 0.160 e. The van der Waals surface area contributed by atoms with Crippen LogP contribution in [0.25, 0.3) is 94.3 Å². The molecule has 234 valence electrons. The summed E-state index contributed by atoms with van der Waals surface area (Å²) in [7, 11) is 0. The van der Waals surface area contributed by atoms with Crippen molar-refractivity contribution in [2.45, 2.75) is 0 Å². The Morgan fingerprint density at radius 1 is 0.420 bits per heavy atom. The highest BCUT2D eigenvalue weighted by atomic mass is 15.0. The van der Waals surface area contributed by atoms with Crippen LogP contribution in [0.4, 0.5) is 0 Å². The lowest BCUT2D eigenvalue weighted by molar-refractivity contribution is 1.15. The van der Waals surface area contributed by atoms with E-state index in [0.29, 0.717) is 5.82 Å². The van der Waals surface area contributed by atoms with Gasteiger partial charge in [-0.2, -0.15) is 0 Å². The molecule has 3 aromatic heterocycles. The average molecular weight is 639 g/mol. The van der Waals surface area contributed by atoms with Crippen molar-refractivity contribution in [1.82, 2.24) is 19.5 Å². The Bertz CT molecular complexity index is 2860. The Kier molecular flexibility index (Phi) is 6.46. The van der Waals surface area contributed by atoms with Crippen molar-refractivity contribution in [1.29, 1.82) is 0 Å². The van der Waals surface area contributed by atoms with Crippen molar-refractivity contribution in [2.75, 3.05) is 0 Å². The molecular formula is C46H30N4. The summed E-state index contributed by atoms with van der Waals surface area (Å²) in [5, 5.41) is 4.85. The average Bonchev–Trinajstić information content (AvgIpc) is 3.74. The number of aromatic nitrogens is 4. The zero-order chi connectivity index (χ0) is 33.0. The van der Waals surface area contributed by atoms with Crippen LogP contribution in [0.5, 0.6) is 0 Å². The molecule has 0 saturated heterocycles. The van der Waals surface area contributed by atoms with Crippen molar-refractivity contribution in [3.05, 3.63) is 176 Å². The summed E-state index contributed by atoms with van der Waals surface area (Å²) in [6.07, 6.45) is 0. The maximum absolute atomic E-state index is 5.28. The van der Waals surface area contributed by atoms with Gasteiger partial charge in [-0.3, -0.25) is 0 Å². The molecule has 0 atom stereocenters. The van der Waals surface area contributed by atoms with Crippen LogP contribution in [-0.2, 0) is 0 Å². The Morgan fingerprint density at radius 3 is 1.92 bits per heavy atom. The van der Waals surface area contributed by atoms with Gasteiger partial charge in [-0.1, -0.05) is 146 Å². The zero-order valence-corrected chi connectivity index (χ0v) is 27.1. The number of H-pyrrole nitrogens is 1. The molecule has 0 saturated carbocycles. The Hall–Kier alpha value is -6.78.